The zero-order valence-corrected chi connectivity index (χ0v) is 15.1. The van der Waals surface area contributed by atoms with E-state index >= 15 is 0 Å². The Balaban J connectivity index is 2.17. The minimum atomic E-state index is -1.02. The fourth-order valence-corrected chi connectivity index (χ4v) is 4.19. The molecule has 1 aromatic rings. The zero-order valence-electron chi connectivity index (χ0n) is 13.5. The highest BCUT2D eigenvalue weighted by atomic mass is 79.9. The van der Waals surface area contributed by atoms with Gasteiger partial charge in [0, 0.05) is 23.7 Å². The zero-order chi connectivity index (χ0) is 17.4. The number of carboxylic acid groups (broad SMARTS) is 1. The normalized spacial score (nSPS) is 23.6. The predicted molar refractivity (Wildman–Crippen MR) is 93.6 cm³/mol. The second-order valence-electron chi connectivity index (χ2n) is 6.08. The molecule has 0 saturated heterocycles. The number of methoxy groups -OCH3 is 1. The van der Waals surface area contributed by atoms with E-state index in [0.717, 1.165) is 28.6 Å². The molecule has 0 spiro atoms. The number of aliphatic imine (C=N–C) groups is 1. The van der Waals surface area contributed by atoms with Crippen molar-refractivity contribution >= 4 is 33.4 Å². The van der Waals surface area contributed by atoms with Crippen molar-refractivity contribution in [2.24, 2.45) is 10.9 Å². The lowest BCUT2D eigenvalue weighted by atomic mass is 9.69. The van der Waals surface area contributed by atoms with E-state index in [-0.39, 0.29) is 11.4 Å². The first-order chi connectivity index (χ1) is 11.4. The van der Waals surface area contributed by atoms with Crippen molar-refractivity contribution in [1.29, 1.82) is 0 Å². The third kappa shape index (κ3) is 2.79. The van der Waals surface area contributed by atoms with Gasteiger partial charge in [0.2, 0.25) is 0 Å². The molecular weight excluding hydrogens is 374 g/mol. The summed E-state index contributed by atoms with van der Waals surface area (Å²) in [6.07, 6.45) is 2.00. The average Bonchev–Trinajstić information content (AvgIpc) is 2.53. The number of carbonyl (C=O) groups excluding carboxylic acids is 1. The molecule has 1 fully saturated rings. The first-order valence-electron chi connectivity index (χ1n) is 7.81. The third-order valence-electron chi connectivity index (χ3n) is 4.67. The Morgan fingerprint density at radius 3 is 2.71 bits per heavy atom. The number of hydrogen-bond donors (Lipinski definition) is 1. The van der Waals surface area contributed by atoms with Crippen LogP contribution in [0.4, 0.5) is 0 Å². The van der Waals surface area contributed by atoms with Crippen molar-refractivity contribution in [2.75, 3.05) is 7.11 Å². The van der Waals surface area contributed by atoms with Gasteiger partial charge in [0.1, 0.15) is 11.5 Å². The molecule has 3 rings (SSSR count). The molecule has 24 heavy (non-hydrogen) atoms. The summed E-state index contributed by atoms with van der Waals surface area (Å²) in [6.45, 7) is 1.71. The molecule has 2 unspecified atom stereocenters. The predicted octanol–water partition coefficient (Wildman–Crippen LogP) is 3.72. The van der Waals surface area contributed by atoms with E-state index in [1.165, 1.54) is 0 Å². The number of ether oxygens (including phenoxy) is 1. The van der Waals surface area contributed by atoms with E-state index < -0.39 is 17.8 Å². The lowest BCUT2D eigenvalue weighted by Crippen LogP contribution is -2.38. The molecule has 1 N–H and O–H groups in total. The number of rotatable bonds is 3. The molecule has 1 aliphatic carbocycles. The Morgan fingerprint density at radius 1 is 1.33 bits per heavy atom. The van der Waals surface area contributed by atoms with Gasteiger partial charge in [-0.3, -0.25) is 9.79 Å². The number of ketones is 1. The second kappa shape index (κ2) is 6.51. The number of carbonyl (C=O) groups is 2. The van der Waals surface area contributed by atoms with Gasteiger partial charge in [-0.2, -0.15) is 0 Å². The number of allylic oxidation sites excluding steroid dienone is 1. The third-order valence-corrected chi connectivity index (χ3v) is 5.29. The lowest BCUT2D eigenvalue weighted by Gasteiger charge is -2.35. The number of hydrogen-bond acceptors (Lipinski definition) is 4. The molecule has 1 saturated carbocycles. The van der Waals surface area contributed by atoms with Gasteiger partial charge in [0.05, 0.1) is 23.1 Å². The summed E-state index contributed by atoms with van der Waals surface area (Å²) in [5.41, 5.74) is 2.29. The van der Waals surface area contributed by atoms with Crippen LogP contribution in [0.2, 0.25) is 0 Å². The number of Topliss-reactive ketones (excluding diaryl/α,β-unsaturated/α-hetero) is 1. The smallest absolute Gasteiger partial charge is 0.334 e. The topological polar surface area (TPSA) is 76.0 Å². The maximum atomic E-state index is 12.6. The minimum absolute atomic E-state index is 0.0724. The summed E-state index contributed by atoms with van der Waals surface area (Å²) >= 11 is 3.45. The van der Waals surface area contributed by atoms with Crippen LogP contribution in [0, 0.1) is 5.92 Å². The number of aliphatic carboxylic acids is 1. The van der Waals surface area contributed by atoms with Crippen LogP contribution < -0.4 is 4.74 Å². The highest BCUT2D eigenvalue weighted by Gasteiger charge is 2.43. The Bertz CT molecular complexity index is 781. The van der Waals surface area contributed by atoms with Gasteiger partial charge in [0.15, 0.2) is 0 Å². The Labute approximate surface area is 148 Å². The van der Waals surface area contributed by atoms with Crippen LogP contribution in [0.25, 0.3) is 0 Å². The molecule has 1 heterocycles. The SMILES string of the molecule is COc1ccc(C2C(C(=O)O)=C(C)N=C3CCCC(=O)C32)cc1Br. The fraction of sp³-hybridized carbons (Fsp3) is 0.389. The summed E-state index contributed by atoms with van der Waals surface area (Å²) in [4.78, 5) is 28.9. The van der Waals surface area contributed by atoms with E-state index in [4.69, 9.17) is 4.74 Å². The van der Waals surface area contributed by atoms with Crippen LogP contribution in [0.1, 0.15) is 37.7 Å². The van der Waals surface area contributed by atoms with Gasteiger partial charge in [-0.05, 0) is 53.4 Å². The van der Waals surface area contributed by atoms with Gasteiger partial charge < -0.3 is 9.84 Å². The van der Waals surface area contributed by atoms with E-state index in [2.05, 4.69) is 20.9 Å². The molecule has 1 aromatic carbocycles. The van der Waals surface area contributed by atoms with Crippen molar-refractivity contribution in [3.8, 4) is 5.75 Å². The molecule has 2 aliphatic rings. The Morgan fingerprint density at radius 2 is 2.08 bits per heavy atom. The molecule has 0 aromatic heterocycles. The quantitative estimate of drug-likeness (QED) is 0.851. The average molecular weight is 392 g/mol. The molecule has 2 atom stereocenters. The van der Waals surface area contributed by atoms with Crippen LogP contribution in [-0.2, 0) is 9.59 Å². The number of nitrogens with zero attached hydrogens (tertiary/aromatic N) is 1. The van der Waals surface area contributed by atoms with Gasteiger partial charge in [0.25, 0.3) is 0 Å². The number of halogens is 1. The Kier molecular flexibility index (Phi) is 4.58. The molecule has 126 valence electrons. The van der Waals surface area contributed by atoms with Crippen molar-refractivity contribution < 1.29 is 19.4 Å². The second-order valence-corrected chi connectivity index (χ2v) is 6.93. The molecule has 0 amide bonds. The van der Waals surface area contributed by atoms with Crippen LogP contribution in [0.5, 0.6) is 5.75 Å². The maximum absolute atomic E-state index is 12.6. The van der Waals surface area contributed by atoms with Crippen LogP contribution in [-0.4, -0.2) is 29.7 Å². The molecule has 5 nitrogen and oxygen atoms in total. The highest BCUT2D eigenvalue weighted by Crippen LogP contribution is 2.44. The number of fused-ring (bicyclic) bond motifs is 1. The first kappa shape index (κ1) is 16.9. The standard InChI is InChI=1S/C18H18BrNO4/c1-9-15(18(22)23)16(10-6-7-14(24-2)11(19)8-10)17-12(20-9)4-3-5-13(17)21/h6-8,16-17H,3-5H2,1-2H3,(H,22,23). The van der Waals surface area contributed by atoms with E-state index in [9.17, 15) is 14.7 Å². The fourth-order valence-electron chi connectivity index (χ4n) is 3.63. The van der Waals surface area contributed by atoms with Crippen molar-refractivity contribution in [2.45, 2.75) is 32.1 Å². The monoisotopic (exact) mass is 391 g/mol. The maximum Gasteiger partial charge on any atom is 0.334 e. The van der Waals surface area contributed by atoms with Crippen molar-refractivity contribution in [1.82, 2.24) is 0 Å². The largest absolute Gasteiger partial charge is 0.496 e. The van der Waals surface area contributed by atoms with E-state index in [1.807, 2.05) is 12.1 Å². The molecule has 6 heteroatoms. The van der Waals surface area contributed by atoms with Gasteiger partial charge in [-0.25, -0.2) is 4.79 Å². The van der Waals surface area contributed by atoms with Crippen LogP contribution in [0.3, 0.4) is 0 Å². The van der Waals surface area contributed by atoms with Crippen molar-refractivity contribution in [3.05, 3.63) is 39.5 Å². The minimum Gasteiger partial charge on any atom is -0.496 e. The lowest BCUT2D eigenvalue weighted by molar-refractivity contribution is -0.133. The highest BCUT2D eigenvalue weighted by molar-refractivity contribution is 9.10. The first-order valence-corrected chi connectivity index (χ1v) is 8.61. The summed E-state index contributed by atoms with van der Waals surface area (Å²) in [6, 6.07) is 5.45. The number of carboxylic acids is 1. The van der Waals surface area contributed by atoms with Crippen molar-refractivity contribution in [3.63, 3.8) is 0 Å². The molecule has 0 radical (unpaired) electrons. The van der Waals surface area contributed by atoms with Gasteiger partial charge in [-0.15, -0.1) is 0 Å². The summed E-state index contributed by atoms with van der Waals surface area (Å²) in [5, 5.41) is 9.71. The summed E-state index contributed by atoms with van der Waals surface area (Å²) < 4.78 is 5.98. The van der Waals surface area contributed by atoms with Crippen LogP contribution in [0.15, 0.2) is 38.9 Å². The molecular formula is C18H18BrNO4. The Hall–Kier alpha value is -1.95. The summed E-state index contributed by atoms with van der Waals surface area (Å²) in [5.74, 6) is -1.27. The van der Waals surface area contributed by atoms with E-state index in [1.54, 1.807) is 20.1 Å². The molecule has 1 aliphatic heterocycles. The van der Waals surface area contributed by atoms with E-state index in [0.29, 0.717) is 17.9 Å². The van der Waals surface area contributed by atoms with Gasteiger partial charge >= 0.3 is 5.97 Å². The molecule has 0 bridgehead atoms. The van der Waals surface area contributed by atoms with Crippen LogP contribution >= 0.6 is 15.9 Å². The number of benzene rings is 1. The summed E-state index contributed by atoms with van der Waals surface area (Å²) in [7, 11) is 1.57. The van der Waals surface area contributed by atoms with Gasteiger partial charge in [-0.1, -0.05) is 6.07 Å².